The summed E-state index contributed by atoms with van der Waals surface area (Å²) < 4.78 is 6.77. The van der Waals surface area contributed by atoms with Crippen molar-refractivity contribution in [2.45, 2.75) is 19.3 Å². The number of hydrogen-bond acceptors (Lipinski definition) is 3. The minimum atomic E-state index is 0.00423. The Bertz CT molecular complexity index is 378. The Balaban J connectivity index is 1.83. The second kappa shape index (κ2) is 6.55. The third-order valence-corrected chi connectivity index (χ3v) is 4.09. The molecule has 1 aliphatic rings. The summed E-state index contributed by atoms with van der Waals surface area (Å²) in [6.07, 6.45) is 3.11. The van der Waals surface area contributed by atoms with E-state index in [2.05, 4.69) is 21.2 Å². The van der Waals surface area contributed by atoms with Crippen molar-refractivity contribution in [2.75, 3.05) is 26.3 Å². The minimum Gasteiger partial charge on any atom is -0.494 e. The molecular weight excluding hydrogens is 294 g/mol. The zero-order chi connectivity index (χ0) is 12.8. The van der Waals surface area contributed by atoms with E-state index in [-0.39, 0.29) is 12.0 Å². The Morgan fingerprint density at radius 1 is 1.44 bits per heavy atom. The Morgan fingerprint density at radius 3 is 3.00 bits per heavy atom. The van der Waals surface area contributed by atoms with E-state index in [1.807, 2.05) is 24.3 Å². The van der Waals surface area contributed by atoms with Gasteiger partial charge in [-0.25, -0.2) is 0 Å². The monoisotopic (exact) mass is 313 g/mol. The van der Waals surface area contributed by atoms with Crippen molar-refractivity contribution in [3.05, 3.63) is 28.7 Å². The van der Waals surface area contributed by atoms with Crippen molar-refractivity contribution in [3.8, 4) is 5.75 Å². The number of piperidine rings is 1. The van der Waals surface area contributed by atoms with Gasteiger partial charge in [0.1, 0.15) is 5.75 Å². The van der Waals surface area contributed by atoms with Crippen LogP contribution in [0.2, 0.25) is 0 Å². The highest BCUT2D eigenvalue weighted by atomic mass is 79.9. The van der Waals surface area contributed by atoms with E-state index >= 15 is 0 Å². The smallest absolute Gasteiger partial charge is 0.120 e. The first kappa shape index (κ1) is 13.8. The molecule has 100 valence electrons. The van der Waals surface area contributed by atoms with Gasteiger partial charge in [-0.2, -0.15) is 0 Å². The predicted octanol–water partition coefficient (Wildman–Crippen LogP) is 2.58. The van der Waals surface area contributed by atoms with E-state index in [0.717, 1.165) is 42.6 Å². The molecule has 0 amide bonds. The van der Waals surface area contributed by atoms with Gasteiger partial charge in [-0.1, -0.05) is 22.0 Å². The third-order valence-electron chi connectivity index (χ3n) is 3.59. The van der Waals surface area contributed by atoms with Crippen LogP contribution in [0.15, 0.2) is 28.7 Å². The molecule has 1 aromatic carbocycles. The van der Waals surface area contributed by atoms with E-state index in [1.54, 1.807) is 0 Å². The SMILES string of the molecule is OCC1(CCOc2cccc(Br)c2)CCCNC1. The fourth-order valence-electron chi connectivity index (χ4n) is 2.40. The van der Waals surface area contributed by atoms with Crippen LogP contribution in [0.25, 0.3) is 0 Å². The number of ether oxygens (including phenoxy) is 1. The molecule has 1 saturated heterocycles. The number of nitrogens with one attached hydrogen (secondary N) is 1. The molecule has 1 unspecified atom stereocenters. The molecule has 1 heterocycles. The first-order chi connectivity index (χ1) is 8.74. The van der Waals surface area contributed by atoms with Gasteiger partial charge in [-0.15, -0.1) is 0 Å². The Hall–Kier alpha value is -0.580. The average Bonchev–Trinajstić information content (AvgIpc) is 2.40. The molecule has 4 heteroatoms. The standard InChI is InChI=1S/C14H20BrNO2/c15-12-3-1-4-13(9-12)18-8-6-14(11-17)5-2-7-16-10-14/h1,3-4,9,16-17H,2,5-8,10-11H2. The molecular formula is C14H20BrNO2. The molecule has 1 aromatic rings. The van der Waals surface area contributed by atoms with Crippen LogP contribution in [-0.4, -0.2) is 31.4 Å². The van der Waals surface area contributed by atoms with Crippen molar-refractivity contribution in [3.63, 3.8) is 0 Å². The van der Waals surface area contributed by atoms with Crippen LogP contribution in [0.4, 0.5) is 0 Å². The molecule has 1 fully saturated rings. The summed E-state index contributed by atoms with van der Waals surface area (Å²) in [4.78, 5) is 0. The molecule has 18 heavy (non-hydrogen) atoms. The van der Waals surface area contributed by atoms with Crippen LogP contribution in [0.5, 0.6) is 5.75 Å². The van der Waals surface area contributed by atoms with Crippen LogP contribution in [0.3, 0.4) is 0 Å². The molecule has 0 aliphatic carbocycles. The highest BCUT2D eigenvalue weighted by Crippen LogP contribution is 2.30. The predicted molar refractivity (Wildman–Crippen MR) is 75.9 cm³/mol. The number of aliphatic hydroxyl groups excluding tert-OH is 1. The average molecular weight is 314 g/mol. The maximum absolute atomic E-state index is 9.58. The molecule has 2 N–H and O–H groups in total. The van der Waals surface area contributed by atoms with E-state index in [9.17, 15) is 5.11 Å². The van der Waals surface area contributed by atoms with Crippen LogP contribution in [-0.2, 0) is 0 Å². The molecule has 0 saturated carbocycles. The third kappa shape index (κ3) is 3.70. The zero-order valence-electron chi connectivity index (χ0n) is 10.5. The van der Waals surface area contributed by atoms with Gasteiger partial charge >= 0.3 is 0 Å². The lowest BCUT2D eigenvalue weighted by Gasteiger charge is -2.36. The Kier molecular flexibility index (Phi) is 5.03. The lowest BCUT2D eigenvalue weighted by molar-refractivity contribution is 0.0701. The first-order valence-electron chi connectivity index (χ1n) is 6.44. The summed E-state index contributed by atoms with van der Waals surface area (Å²) in [5.41, 5.74) is 0.00423. The molecule has 0 bridgehead atoms. The number of halogens is 1. The van der Waals surface area contributed by atoms with E-state index in [4.69, 9.17) is 4.74 Å². The number of rotatable bonds is 5. The van der Waals surface area contributed by atoms with E-state index < -0.39 is 0 Å². The molecule has 2 rings (SSSR count). The van der Waals surface area contributed by atoms with Gasteiger partial charge in [0, 0.05) is 16.4 Å². The van der Waals surface area contributed by atoms with Crippen LogP contribution < -0.4 is 10.1 Å². The molecule has 0 spiro atoms. The summed E-state index contributed by atoms with van der Waals surface area (Å²) in [7, 11) is 0. The van der Waals surface area contributed by atoms with Gasteiger partial charge < -0.3 is 15.2 Å². The highest BCUT2D eigenvalue weighted by molar-refractivity contribution is 9.10. The summed E-state index contributed by atoms with van der Waals surface area (Å²) in [5, 5.41) is 12.9. The van der Waals surface area contributed by atoms with Crippen molar-refractivity contribution in [1.82, 2.24) is 5.32 Å². The van der Waals surface area contributed by atoms with Gasteiger partial charge in [0.05, 0.1) is 13.2 Å². The van der Waals surface area contributed by atoms with Crippen molar-refractivity contribution < 1.29 is 9.84 Å². The molecule has 0 radical (unpaired) electrons. The number of hydrogen-bond donors (Lipinski definition) is 2. The maximum Gasteiger partial charge on any atom is 0.120 e. The maximum atomic E-state index is 9.58. The zero-order valence-corrected chi connectivity index (χ0v) is 12.1. The quantitative estimate of drug-likeness (QED) is 0.878. The Morgan fingerprint density at radius 2 is 2.33 bits per heavy atom. The first-order valence-corrected chi connectivity index (χ1v) is 7.23. The van der Waals surface area contributed by atoms with Crippen LogP contribution in [0, 0.1) is 5.41 Å². The normalized spacial score (nSPS) is 23.9. The molecule has 3 nitrogen and oxygen atoms in total. The fourth-order valence-corrected chi connectivity index (χ4v) is 2.78. The van der Waals surface area contributed by atoms with Gasteiger partial charge in [0.2, 0.25) is 0 Å². The van der Waals surface area contributed by atoms with Crippen molar-refractivity contribution in [2.24, 2.45) is 5.41 Å². The second-order valence-corrected chi connectivity index (χ2v) is 5.91. The summed E-state index contributed by atoms with van der Waals surface area (Å²) in [6.45, 7) is 2.85. The molecule has 1 aliphatic heterocycles. The topological polar surface area (TPSA) is 41.5 Å². The lowest BCUT2D eigenvalue weighted by Crippen LogP contribution is -2.43. The van der Waals surface area contributed by atoms with Gasteiger partial charge in [-0.05, 0) is 44.0 Å². The molecule has 1 atom stereocenters. The summed E-state index contributed by atoms with van der Waals surface area (Å²) >= 11 is 3.42. The van der Waals surface area contributed by atoms with Crippen molar-refractivity contribution in [1.29, 1.82) is 0 Å². The number of aliphatic hydroxyl groups is 1. The van der Waals surface area contributed by atoms with Crippen LogP contribution in [0.1, 0.15) is 19.3 Å². The summed E-state index contributed by atoms with van der Waals surface area (Å²) in [6, 6.07) is 7.86. The summed E-state index contributed by atoms with van der Waals surface area (Å²) in [5.74, 6) is 0.876. The second-order valence-electron chi connectivity index (χ2n) is 4.99. The fraction of sp³-hybridized carbons (Fsp3) is 0.571. The molecule has 0 aromatic heterocycles. The van der Waals surface area contributed by atoms with Gasteiger partial charge in [-0.3, -0.25) is 0 Å². The van der Waals surface area contributed by atoms with Gasteiger partial charge in [0.15, 0.2) is 0 Å². The lowest BCUT2D eigenvalue weighted by atomic mass is 9.79. The van der Waals surface area contributed by atoms with Gasteiger partial charge in [0.25, 0.3) is 0 Å². The van der Waals surface area contributed by atoms with Crippen LogP contribution >= 0.6 is 15.9 Å². The van der Waals surface area contributed by atoms with E-state index in [1.165, 1.54) is 0 Å². The largest absolute Gasteiger partial charge is 0.494 e. The van der Waals surface area contributed by atoms with Crippen molar-refractivity contribution >= 4 is 15.9 Å². The minimum absolute atomic E-state index is 0.00423. The number of benzene rings is 1. The highest BCUT2D eigenvalue weighted by Gasteiger charge is 2.31. The van der Waals surface area contributed by atoms with E-state index in [0.29, 0.717) is 6.61 Å². The Labute approximate surface area is 117 Å².